The number of thioether (sulfide) groups is 1. The highest BCUT2D eigenvalue weighted by Crippen LogP contribution is 2.36. The average molecular weight is 367 g/mol. The fourth-order valence-electron chi connectivity index (χ4n) is 2.67. The summed E-state index contributed by atoms with van der Waals surface area (Å²) in [6.07, 6.45) is 0.540. The van der Waals surface area contributed by atoms with Crippen molar-refractivity contribution in [2.75, 3.05) is 12.9 Å². The van der Waals surface area contributed by atoms with Crippen LogP contribution < -0.4 is 10.5 Å². The summed E-state index contributed by atoms with van der Waals surface area (Å²) in [5.74, 6) is 0.616. The molecule has 1 heterocycles. The topological polar surface area (TPSA) is 77.0 Å². The maximum atomic E-state index is 11.2. The molecule has 0 fully saturated rings. The van der Waals surface area contributed by atoms with Gasteiger partial charge in [0.2, 0.25) is 5.91 Å². The van der Waals surface area contributed by atoms with Crippen LogP contribution in [0.4, 0.5) is 11.4 Å². The number of aryl methyl sites for hydroxylation is 2. The molecule has 1 aliphatic heterocycles. The molecule has 0 unspecified atom stereocenters. The van der Waals surface area contributed by atoms with Crippen molar-refractivity contribution in [3.8, 4) is 5.75 Å². The number of benzene rings is 2. The van der Waals surface area contributed by atoms with Gasteiger partial charge < -0.3 is 10.5 Å². The molecule has 0 spiro atoms. The third kappa shape index (κ3) is 4.14. The fraction of sp³-hybridized carbons (Fsp3) is 0.250. The second-order valence-electron chi connectivity index (χ2n) is 6.15. The molecule has 6 heteroatoms. The normalized spacial score (nSPS) is 13.3. The predicted molar refractivity (Wildman–Crippen MR) is 108 cm³/mol. The molecular weight excluding hydrogens is 346 g/mol. The van der Waals surface area contributed by atoms with Gasteiger partial charge in [-0.15, -0.1) is 11.8 Å². The van der Waals surface area contributed by atoms with Crippen molar-refractivity contribution in [3.63, 3.8) is 0 Å². The Morgan fingerprint density at radius 2 is 1.85 bits per heavy atom. The van der Waals surface area contributed by atoms with Crippen LogP contribution in [0.15, 0.2) is 46.4 Å². The zero-order valence-corrected chi connectivity index (χ0v) is 15.9. The summed E-state index contributed by atoms with van der Waals surface area (Å²) in [4.78, 5) is 20.8. The number of hydrogen-bond acceptors (Lipinski definition) is 5. The van der Waals surface area contributed by atoms with Crippen LogP contribution >= 0.6 is 11.8 Å². The lowest BCUT2D eigenvalue weighted by Crippen LogP contribution is -2.15. The standard InChI is InChI=1S/C20H21N3O2S/c1-12-7-17-18(8-13(12)2)23-20(26-11-19(21)24)10-16(22-17)14-5-4-6-15(9-14)25-3/h4-9H,10-11H2,1-3H3,(H2,21,24). The van der Waals surface area contributed by atoms with E-state index in [0.717, 1.165) is 39.0 Å². The van der Waals surface area contributed by atoms with Crippen molar-refractivity contribution in [2.45, 2.75) is 20.3 Å². The minimum absolute atomic E-state index is 0.199. The monoisotopic (exact) mass is 367 g/mol. The van der Waals surface area contributed by atoms with Crippen LogP contribution in [0.25, 0.3) is 0 Å². The van der Waals surface area contributed by atoms with Gasteiger partial charge in [-0.25, -0.2) is 4.99 Å². The molecule has 0 saturated carbocycles. The van der Waals surface area contributed by atoms with E-state index in [1.54, 1.807) is 7.11 Å². The third-order valence-corrected chi connectivity index (χ3v) is 5.19. The Morgan fingerprint density at radius 3 is 2.50 bits per heavy atom. The number of fused-ring (bicyclic) bond motifs is 1. The maximum Gasteiger partial charge on any atom is 0.227 e. The molecule has 0 radical (unpaired) electrons. The molecule has 0 aromatic heterocycles. The van der Waals surface area contributed by atoms with Gasteiger partial charge in [-0.3, -0.25) is 9.79 Å². The van der Waals surface area contributed by atoms with Gasteiger partial charge in [0.15, 0.2) is 0 Å². The van der Waals surface area contributed by atoms with E-state index in [2.05, 4.69) is 19.9 Å². The second kappa shape index (κ2) is 7.74. The summed E-state index contributed by atoms with van der Waals surface area (Å²) in [5.41, 5.74) is 11.2. The Hall–Kier alpha value is -2.60. The number of hydrogen-bond donors (Lipinski definition) is 1. The third-order valence-electron chi connectivity index (χ3n) is 4.19. The zero-order valence-electron chi connectivity index (χ0n) is 15.1. The zero-order chi connectivity index (χ0) is 18.7. The van der Waals surface area contributed by atoms with Gasteiger partial charge in [0.05, 0.1) is 35.0 Å². The molecule has 1 aliphatic rings. The summed E-state index contributed by atoms with van der Waals surface area (Å²) >= 11 is 1.36. The highest BCUT2D eigenvalue weighted by Gasteiger charge is 2.17. The molecule has 0 saturated heterocycles. The largest absolute Gasteiger partial charge is 0.497 e. The molecule has 0 aliphatic carbocycles. The molecule has 5 nitrogen and oxygen atoms in total. The molecule has 3 rings (SSSR count). The number of carbonyl (C=O) groups is 1. The van der Waals surface area contributed by atoms with Crippen LogP contribution in [-0.2, 0) is 4.79 Å². The van der Waals surface area contributed by atoms with E-state index in [1.165, 1.54) is 17.3 Å². The van der Waals surface area contributed by atoms with Gasteiger partial charge in [-0.05, 0) is 49.2 Å². The van der Waals surface area contributed by atoms with Crippen LogP contribution in [-0.4, -0.2) is 29.5 Å². The lowest BCUT2D eigenvalue weighted by molar-refractivity contribution is -0.115. The molecule has 2 aromatic rings. The van der Waals surface area contributed by atoms with Crippen molar-refractivity contribution in [1.82, 2.24) is 0 Å². The van der Waals surface area contributed by atoms with E-state index in [9.17, 15) is 4.79 Å². The van der Waals surface area contributed by atoms with E-state index in [0.29, 0.717) is 6.42 Å². The van der Waals surface area contributed by atoms with E-state index in [1.807, 2.05) is 30.3 Å². The molecule has 2 N–H and O–H groups in total. The number of methoxy groups -OCH3 is 1. The average Bonchev–Trinajstić information content (AvgIpc) is 2.79. The SMILES string of the molecule is COc1cccc(C2=Nc3cc(C)c(C)cc3N=C(SCC(N)=O)C2)c1. The van der Waals surface area contributed by atoms with Gasteiger partial charge >= 0.3 is 0 Å². The number of amides is 1. The number of carbonyl (C=O) groups excluding carboxylic acids is 1. The second-order valence-corrected chi connectivity index (χ2v) is 7.20. The molecule has 0 bridgehead atoms. The Morgan fingerprint density at radius 1 is 1.15 bits per heavy atom. The highest BCUT2D eigenvalue weighted by molar-refractivity contribution is 8.14. The van der Waals surface area contributed by atoms with Crippen LogP contribution in [0.1, 0.15) is 23.1 Å². The minimum Gasteiger partial charge on any atom is -0.497 e. The predicted octanol–water partition coefficient (Wildman–Crippen LogP) is 4.09. The van der Waals surface area contributed by atoms with Crippen molar-refractivity contribution in [3.05, 3.63) is 53.1 Å². The Balaban J connectivity index is 2.08. The quantitative estimate of drug-likeness (QED) is 0.884. The Bertz CT molecular complexity index is 919. The lowest BCUT2D eigenvalue weighted by atomic mass is 10.1. The Kier molecular flexibility index (Phi) is 5.42. The van der Waals surface area contributed by atoms with E-state index < -0.39 is 0 Å². The van der Waals surface area contributed by atoms with Crippen LogP contribution in [0.2, 0.25) is 0 Å². The first-order valence-corrected chi connectivity index (χ1v) is 9.26. The number of rotatable bonds is 4. The lowest BCUT2D eigenvalue weighted by Gasteiger charge is -2.08. The first kappa shape index (κ1) is 18.2. The van der Waals surface area contributed by atoms with Crippen LogP contribution in [0.5, 0.6) is 5.75 Å². The van der Waals surface area contributed by atoms with Gasteiger partial charge in [-0.2, -0.15) is 0 Å². The van der Waals surface area contributed by atoms with Gasteiger partial charge in [0.1, 0.15) is 5.75 Å². The van der Waals surface area contributed by atoms with Crippen molar-refractivity contribution in [2.24, 2.45) is 15.7 Å². The van der Waals surface area contributed by atoms with Gasteiger partial charge in [0.25, 0.3) is 0 Å². The van der Waals surface area contributed by atoms with Crippen molar-refractivity contribution >= 4 is 39.8 Å². The number of primary amides is 1. The number of ether oxygens (including phenoxy) is 1. The number of nitrogens with zero attached hydrogens (tertiary/aromatic N) is 2. The highest BCUT2D eigenvalue weighted by atomic mass is 32.2. The fourth-order valence-corrected chi connectivity index (χ4v) is 3.38. The maximum absolute atomic E-state index is 11.2. The summed E-state index contributed by atoms with van der Waals surface area (Å²) in [5, 5.41) is 0.826. The molecule has 134 valence electrons. The van der Waals surface area contributed by atoms with Crippen LogP contribution in [0.3, 0.4) is 0 Å². The summed E-state index contributed by atoms with van der Waals surface area (Å²) < 4.78 is 5.34. The van der Waals surface area contributed by atoms with Gasteiger partial charge in [0, 0.05) is 12.0 Å². The van der Waals surface area contributed by atoms with E-state index in [-0.39, 0.29) is 11.7 Å². The Labute approximate surface area is 157 Å². The smallest absolute Gasteiger partial charge is 0.227 e. The van der Waals surface area contributed by atoms with Gasteiger partial charge in [-0.1, -0.05) is 12.1 Å². The van der Waals surface area contributed by atoms with Crippen molar-refractivity contribution in [1.29, 1.82) is 0 Å². The first-order chi connectivity index (χ1) is 12.5. The van der Waals surface area contributed by atoms with Crippen LogP contribution in [0, 0.1) is 13.8 Å². The molecule has 2 aromatic carbocycles. The first-order valence-electron chi connectivity index (χ1n) is 8.28. The van der Waals surface area contributed by atoms with E-state index >= 15 is 0 Å². The number of nitrogens with two attached hydrogens (primary N) is 1. The van der Waals surface area contributed by atoms with E-state index in [4.69, 9.17) is 20.5 Å². The summed E-state index contributed by atoms with van der Waals surface area (Å²) in [6.45, 7) is 4.12. The molecule has 26 heavy (non-hydrogen) atoms. The summed E-state index contributed by atoms with van der Waals surface area (Å²) in [6, 6.07) is 11.9. The number of aliphatic imine (C=N–C) groups is 2. The summed E-state index contributed by atoms with van der Waals surface area (Å²) in [7, 11) is 1.64. The molecule has 0 atom stereocenters. The minimum atomic E-state index is -0.359. The van der Waals surface area contributed by atoms with Crippen molar-refractivity contribution < 1.29 is 9.53 Å². The molecular formula is C20H21N3O2S. The molecule has 1 amide bonds.